The van der Waals surface area contributed by atoms with E-state index >= 15 is 0 Å². The highest BCUT2D eigenvalue weighted by Gasteiger charge is 2.38. The number of rotatable bonds is 16. The Bertz CT molecular complexity index is 1090. The minimum Gasteiger partial charge on any atom is -0.360 e. The van der Waals surface area contributed by atoms with Crippen LogP contribution in [0.4, 0.5) is 0 Å². The van der Waals surface area contributed by atoms with Crippen molar-refractivity contribution in [2.75, 3.05) is 31.2 Å². The van der Waals surface area contributed by atoms with E-state index in [1.54, 1.807) is 21.6 Å². The zero-order valence-corrected chi connectivity index (χ0v) is 26.1. The van der Waals surface area contributed by atoms with Crippen molar-refractivity contribution in [3.63, 3.8) is 0 Å². The van der Waals surface area contributed by atoms with E-state index in [0.717, 1.165) is 34.7 Å². The monoisotopic (exact) mass is 580 g/mol. The maximum absolute atomic E-state index is 13.9. The maximum atomic E-state index is 13.9. The second-order valence-electron chi connectivity index (χ2n) is 9.99. The van der Waals surface area contributed by atoms with E-state index in [9.17, 15) is 4.57 Å². The van der Waals surface area contributed by atoms with Crippen molar-refractivity contribution in [1.82, 2.24) is 4.67 Å². The van der Waals surface area contributed by atoms with Crippen LogP contribution in [0.2, 0.25) is 0 Å². The van der Waals surface area contributed by atoms with Crippen LogP contribution in [-0.2, 0) is 14.9 Å². The summed E-state index contributed by atoms with van der Waals surface area (Å²) in [5.41, 5.74) is 2.75. The normalized spacial score (nSPS) is 12.3. The van der Waals surface area contributed by atoms with Gasteiger partial charge in [-0.1, -0.05) is 140 Å². The first-order valence-corrected chi connectivity index (χ1v) is 17.9. The molecule has 0 bridgehead atoms. The van der Waals surface area contributed by atoms with E-state index in [2.05, 4.69) is 83.5 Å². The van der Waals surface area contributed by atoms with Gasteiger partial charge in [-0.25, -0.2) is 0 Å². The molecule has 0 fully saturated rings. The van der Waals surface area contributed by atoms with E-state index in [-0.39, 0.29) is 11.3 Å². The fourth-order valence-corrected chi connectivity index (χ4v) is 10.4. The molecule has 0 radical (unpaired) electrons. The molecule has 0 aromatic heterocycles. The number of ether oxygens (including phenoxy) is 1. The summed E-state index contributed by atoms with van der Waals surface area (Å²) in [6.45, 7) is 10.0. The fourth-order valence-electron chi connectivity index (χ4n) is 5.11. The van der Waals surface area contributed by atoms with Crippen LogP contribution in [0.15, 0.2) is 91.0 Å². The van der Waals surface area contributed by atoms with Gasteiger partial charge in [-0.05, 0) is 16.7 Å². The zero-order valence-electron chi connectivity index (χ0n) is 23.5. The van der Waals surface area contributed by atoms with Crippen molar-refractivity contribution in [3.05, 3.63) is 108 Å². The number of hydrogen-bond acceptors (Lipinski definition) is 5. The lowest BCUT2D eigenvalue weighted by atomic mass is 9.80. The Balaban J connectivity index is 1.68. The van der Waals surface area contributed by atoms with Gasteiger partial charge in [-0.2, -0.15) is 5.26 Å². The predicted octanol–water partition coefficient (Wildman–Crippen LogP) is 8.69. The topological polar surface area (TPSA) is 53.3 Å². The van der Waals surface area contributed by atoms with Crippen LogP contribution in [-0.4, -0.2) is 47.2 Å². The SMILES string of the molecule is CC(C)P(=O)(C(C)C)N(CCC#N)CCSSCCOC(c1ccccc1)(c1ccccc1)c1ccccc1. The highest BCUT2D eigenvalue weighted by molar-refractivity contribution is 8.76. The molecule has 0 aliphatic rings. The molecule has 3 aromatic rings. The number of hydrogen-bond donors (Lipinski definition) is 0. The van der Waals surface area contributed by atoms with Crippen molar-refractivity contribution in [2.24, 2.45) is 0 Å². The third-order valence-electron chi connectivity index (χ3n) is 6.95. The lowest BCUT2D eigenvalue weighted by molar-refractivity contribution is 0.0234. The van der Waals surface area contributed by atoms with Gasteiger partial charge in [0, 0.05) is 42.3 Å². The Labute approximate surface area is 243 Å². The van der Waals surface area contributed by atoms with Crippen LogP contribution in [0.1, 0.15) is 50.8 Å². The summed E-state index contributed by atoms with van der Waals surface area (Å²) in [4.78, 5) is 0. The molecule has 0 amide bonds. The first-order chi connectivity index (χ1) is 18.9. The standard InChI is InChI=1S/C32H41N2O2PS2/c1-27(2)37(35,28(3)4)34(22-14-21-33)23-25-38-39-26-24-36-32(29-15-8-5-9-16-29,30-17-10-6-11-18-30)31-19-12-7-13-20-31/h5-13,15-20,27-28H,14,22-26H2,1-4H3. The number of nitrogens with zero attached hydrogens (tertiary/aromatic N) is 2. The molecule has 3 rings (SSSR count). The van der Waals surface area contributed by atoms with Gasteiger partial charge in [0.2, 0.25) is 0 Å². The average Bonchev–Trinajstić information content (AvgIpc) is 2.97. The fraction of sp³-hybridized carbons (Fsp3) is 0.406. The van der Waals surface area contributed by atoms with Crippen molar-refractivity contribution in [2.45, 2.75) is 51.0 Å². The van der Waals surface area contributed by atoms with Crippen LogP contribution >= 0.6 is 28.9 Å². The lowest BCUT2D eigenvalue weighted by Gasteiger charge is -2.37. The Morgan fingerprint density at radius 2 is 1.21 bits per heavy atom. The molecule has 0 saturated carbocycles. The van der Waals surface area contributed by atoms with Crippen molar-refractivity contribution in [1.29, 1.82) is 5.26 Å². The largest absolute Gasteiger partial charge is 0.360 e. The van der Waals surface area contributed by atoms with Gasteiger partial charge >= 0.3 is 0 Å². The van der Waals surface area contributed by atoms with Crippen molar-refractivity contribution in [3.8, 4) is 6.07 Å². The van der Waals surface area contributed by atoms with Crippen LogP contribution in [0.5, 0.6) is 0 Å². The summed E-state index contributed by atoms with van der Waals surface area (Å²) in [7, 11) is 1.01. The highest BCUT2D eigenvalue weighted by atomic mass is 33.1. The Morgan fingerprint density at radius 3 is 1.62 bits per heavy atom. The van der Waals surface area contributed by atoms with E-state index < -0.39 is 12.9 Å². The Hall–Kier alpha value is -2.00. The van der Waals surface area contributed by atoms with E-state index in [4.69, 9.17) is 10.00 Å². The van der Waals surface area contributed by atoms with Gasteiger partial charge < -0.3 is 9.30 Å². The predicted molar refractivity (Wildman–Crippen MR) is 170 cm³/mol. The minimum absolute atomic E-state index is 0.0735. The number of benzene rings is 3. The third-order valence-corrected chi connectivity index (χ3v) is 13.5. The molecule has 0 unspecified atom stereocenters. The molecule has 7 heteroatoms. The van der Waals surface area contributed by atoms with Crippen molar-refractivity contribution >= 4 is 28.9 Å². The van der Waals surface area contributed by atoms with Crippen LogP contribution < -0.4 is 0 Å². The summed E-state index contributed by atoms with van der Waals surface area (Å²) < 4.78 is 22.8. The molecule has 0 N–H and O–H groups in total. The second-order valence-corrected chi connectivity index (χ2v) is 16.7. The second kappa shape index (κ2) is 15.7. The molecule has 39 heavy (non-hydrogen) atoms. The first-order valence-electron chi connectivity index (χ1n) is 13.6. The van der Waals surface area contributed by atoms with Gasteiger partial charge in [0.15, 0.2) is 7.29 Å². The molecular weight excluding hydrogens is 539 g/mol. The quantitative estimate of drug-likeness (QED) is 0.0731. The average molecular weight is 581 g/mol. The first kappa shape index (κ1) is 31.5. The molecule has 0 spiro atoms. The summed E-state index contributed by atoms with van der Waals surface area (Å²) in [6, 6.07) is 33.6. The molecule has 4 nitrogen and oxygen atoms in total. The molecule has 0 heterocycles. The molecule has 0 saturated heterocycles. The maximum Gasteiger partial charge on any atom is 0.155 e. The van der Waals surface area contributed by atoms with E-state index in [1.165, 1.54) is 0 Å². The molecular formula is C32H41N2O2PS2. The summed E-state index contributed by atoms with van der Waals surface area (Å²) in [6.07, 6.45) is 0.398. The van der Waals surface area contributed by atoms with E-state index in [0.29, 0.717) is 19.6 Å². The summed E-state index contributed by atoms with van der Waals surface area (Å²) in [5, 5.41) is 9.15. The molecule has 3 aromatic carbocycles. The summed E-state index contributed by atoms with van der Waals surface area (Å²) >= 11 is 0. The molecule has 208 valence electrons. The Morgan fingerprint density at radius 1 is 0.769 bits per heavy atom. The van der Waals surface area contributed by atoms with Crippen molar-refractivity contribution < 1.29 is 9.30 Å². The van der Waals surface area contributed by atoms with Gasteiger partial charge in [-0.15, -0.1) is 0 Å². The lowest BCUT2D eigenvalue weighted by Crippen LogP contribution is -2.33. The van der Waals surface area contributed by atoms with Crippen LogP contribution in [0.3, 0.4) is 0 Å². The minimum atomic E-state index is -2.55. The van der Waals surface area contributed by atoms with Gasteiger partial charge in [-0.3, -0.25) is 4.67 Å². The zero-order chi connectivity index (χ0) is 28.1. The van der Waals surface area contributed by atoms with Gasteiger partial charge in [0.05, 0.1) is 12.7 Å². The smallest absolute Gasteiger partial charge is 0.155 e. The third kappa shape index (κ3) is 7.81. The Kier molecular flexibility index (Phi) is 12.7. The number of nitriles is 1. The van der Waals surface area contributed by atoms with Crippen LogP contribution in [0.25, 0.3) is 0 Å². The van der Waals surface area contributed by atoms with Gasteiger partial charge in [0.25, 0.3) is 0 Å². The molecule has 0 aliphatic carbocycles. The summed E-state index contributed by atoms with van der Waals surface area (Å²) in [5.74, 6) is 1.67. The van der Waals surface area contributed by atoms with E-state index in [1.807, 2.05) is 45.9 Å². The van der Waals surface area contributed by atoms with Gasteiger partial charge in [0.1, 0.15) is 5.60 Å². The molecule has 0 aliphatic heterocycles. The highest BCUT2D eigenvalue weighted by Crippen LogP contribution is 2.58. The van der Waals surface area contributed by atoms with Crippen LogP contribution in [0, 0.1) is 11.3 Å². The molecule has 0 atom stereocenters.